The summed E-state index contributed by atoms with van der Waals surface area (Å²) in [6.45, 7) is 13.7. The topological polar surface area (TPSA) is 32.8 Å². The fraction of sp³-hybridized carbons (Fsp3) is 0.108. The van der Waals surface area contributed by atoms with Crippen molar-refractivity contribution in [3.05, 3.63) is 312 Å². The third-order valence-electron chi connectivity index (χ3n) is 18.2. The van der Waals surface area contributed by atoms with Crippen LogP contribution in [0.25, 0.3) is 76.5 Å². The molecule has 0 saturated heterocycles. The zero-order chi connectivity index (χ0) is 59.5. The van der Waals surface area contributed by atoms with E-state index >= 15 is 0 Å². The van der Waals surface area contributed by atoms with Crippen LogP contribution >= 0.6 is 11.8 Å². The van der Waals surface area contributed by atoms with E-state index in [-0.39, 0.29) is 10.8 Å². The minimum atomic E-state index is -0.973. The number of hydrogen-bond donors (Lipinski definition) is 0. The van der Waals surface area contributed by atoms with Crippen molar-refractivity contribution in [2.24, 2.45) is 0 Å². The van der Waals surface area contributed by atoms with Crippen LogP contribution in [0.1, 0.15) is 74.9 Å². The summed E-state index contributed by atoms with van der Waals surface area (Å²) in [5.41, 5.74) is 17.6. The first kappa shape index (κ1) is 53.4. The number of anilines is 6. The number of rotatable bonds is 10. The zero-order valence-corrected chi connectivity index (χ0v) is 51.0. The fourth-order valence-electron chi connectivity index (χ4n) is 13.9. The molecule has 4 nitrogen and oxygen atoms in total. The Labute approximate surface area is 517 Å². The van der Waals surface area contributed by atoms with Crippen molar-refractivity contribution < 1.29 is 8.83 Å². The maximum absolute atomic E-state index is 7.65. The lowest BCUT2D eigenvalue weighted by molar-refractivity contribution is 0.589. The summed E-state index contributed by atoms with van der Waals surface area (Å²) in [4.78, 5) is 7.23. The van der Waals surface area contributed by atoms with Gasteiger partial charge in [-0.3, -0.25) is 0 Å². The van der Waals surface area contributed by atoms with Gasteiger partial charge in [0.25, 0.3) is 0 Å². The molecule has 1 aliphatic rings. The summed E-state index contributed by atoms with van der Waals surface area (Å²) in [7, 11) is 0. The van der Waals surface area contributed by atoms with E-state index < -0.39 is 5.41 Å². The molecule has 0 radical (unpaired) electrons. The Morgan fingerprint density at radius 1 is 0.330 bits per heavy atom. The van der Waals surface area contributed by atoms with E-state index in [1.807, 2.05) is 0 Å². The van der Waals surface area contributed by atoms with Gasteiger partial charge in [0.05, 0.1) is 22.2 Å². The van der Waals surface area contributed by atoms with Crippen LogP contribution in [-0.2, 0) is 16.2 Å². The highest BCUT2D eigenvalue weighted by atomic mass is 32.2. The molecule has 0 amide bonds. The number of fused-ring (bicyclic) bond motifs is 13. The summed E-state index contributed by atoms with van der Waals surface area (Å²) in [5.74, 6) is 0. The largest absolute Gasteiger partial charge is 0.455 e. The van der Waals surface area contributed by atoms with Crippen LogP contribution in [0.4, 0.5) is 34.1 Å². The maximum atomic E-state index is 7.65. The average molecular weight is 1150 g/mol. The van der Waals surface area contributed by atoms with E-state index in [1.165, 1.54) is 26.8 Å². The zero-order valence-electron chi connectivity index (χ0n) is 50.2. The van der Waals surface area contributed by atoms with Gasteiger partial charge in [-0.15, -0.1) is 0 Å². The van der Waals surface area contributed by atoms with Gasteiger partial charge in [0.15, 0.2) is 5.58 Å². The van der Waals surface area contributed by atoms with Crippen LogP contribution < -0.4 is 9.80 Å². The highest BCUT2D eigenvalue weighted by Crippen LogP contribution is 2.65. The Bertz CT molecular complexity index is 5190. The van der Waals surface area contributed by atoms with Crippen molar-refractivity contribution >= 4 is 111 Å². The third-order valence-corrected chi connectivity index (χ3v) is 19.3. The molecule has 2 heterocycles. The Hall–Kier alpha value is -10.1. The van der Waals surface area contributed by atoms with Crippen LogP contribution in [0.5, 0.6) is 0 Å². The summed E-state index contributed by atoms with van der Waals surface area (Å²) in [5, 5.41) is 8.82. The first-order valence-electron chi connectivity index (χ1n) is 30.5. The Morgan fingerprint density at radius 2 is 0.739 bits per heavy atom. The quantitative estimate of drug-likeness (QED) is 0.136. The molecule has 88 heavy (non-hydrogen) atoms. The lowest BCUT2D eigenvalue weighted by Gasteiger charge is -2.36. The predicted molar refractivity (Wildman–Crippen MR) is 371 cm³/mol. The standard InChI is InChI=1S/C83H64N2O2S/c1-81(2,3)57-35-37-59(38-36-57)83(60-41-47-66(48-42-60)88-65-45-39-58(40-46-65)82(4,5)6)69-52-72(85(62-27-11-8-12-28-62)64-44-34-54-22-14-16-24-56(54)50-64)79-76(68-30-18-20-32-74(68)86-79)77(69)78-70(83)51-71(75-67-29-17-19-31-73(67)87-80(75)78)84(61-25-9-7-10-26-61)63-43-33-53-21-13-15-23-55(53)49-63/h7-52H,1-6H3. The van der Waals surface area contributed by atoms with Gasteiger partial charge in [-0.05, 0) is 163 Å². The number of hydrogen-bond acceptors (Lipinski definition) is 5. The SMILES string of the molecule is CC(C)(C)c1ccc(Sc2ccc(C3(c4ccc(C(C)(C)C)cc4)c4cc(N(c5ccccc5)c5ccc6ccccc6c5)c5c(oc6ccccc65)c4-c4c3cc(N(c3ccccc3)c3ccc5ccccc5c3)c3oc5ccccc5c43)cc2)cc1. The molecule has 16 rings (SSSR count). The molecule has 0 bridgehead atoms. The van der Waals surface area contributed by atoms with Crippen LogP contribution in [0.3, 0.4) is 0 Å². The molecule has 0 saturated carbocycles. The van der Waals surface area contributed by atoms with Gasteiger partial charge >= 0.3 is 0 Å². The van der Waals surface area contributed by atoms with Crippen molar-refractivity contribution in [2.45, 2.75) is 67.6 Å². The smallest absolute Gasteiger partial charge is 0.160 e. The average Bonchev–Trinajstić information content (AvgIpc) is 1.50. The Morgan fingerprint density at radius 3 is 1.27 bits per heavy atom. The minimum Gasteiger partial charge on any atom is -0.455 e. The second-order valence-electron chi connectivity index (χ2n) is 25.6. The monoisotopic (exact) mass is 1150 g/mol. The van der Waals surface area contributed by atoms with Crippen LogP contribution in [0, 0.1) is 0 Å². The molecular formula is C83H64N2O2S. The fourth-order valence-corrected chi connectivity index (χ4v) is 14.7. The van der Waals surface area contributed by atoms with Gasteiger partial charge in [0.2, 0.25) is 0 Å². The number of furan rings is 2. The summed E-state index contributed by atoms with van der Waals surface area (Å²) < 4.78 is 15.1. The molecular weight excluding hydrogens is 1090 g/mol. The molecule has 13 aromatic carbocycles. The molecule has 15 aromatic rings. The molecule has 1 atom stereocenters. The maximum Gasteiger partial charge on any atom is 0.160 e. The first-order valence-corrected chi connectivity index (χ1v) is 31.4. The van der Waals surface area contributed by atoms with Crippen LogP contribution in [0.2, 0.25) is 0 Å². The van der Waals surface area contributed by atoms with E-state index in [4.69, 9.17) is 8.83 Å². The molecule has 424 valence electrons. The molecule has 1 unspecified atom stereocenters. The summed E-state index contributed by atoms with van der Waals surface area (Å²) in [6.07, 6.45) is 0. The highest BCUT2D eigenvalue weighted by molar-refractivity contribution is 7.99. The van der Waals surface area contributed by atoms with Gasteiger partial charge in [0.1, 0.15) is 16.7 Å². The number of nitrogens with zero attached hydrogens (tertiary/aromatic N) is 2. The Kier molecular flexibility index (Phi) is 12.5. The molecule has 1 aliphatic carbocycles. The third kappa shape index (κ3) is 8.66. The molecule has 0 N–H and O–H groups in total. The lowest BCUT2D eigenvalue weighted by atomic mass is 9.67. The summed E-state index contributed by atoms with van der Waals surface area (Å²) in [6, 6.07) is 103. The second-order valence-corrected chi connectivity index (χ2v) is 26.8. The Balaban J connectivity index is 1.08. The summed E-state index contributed by atoms with van der Waals surface area (Å²) >= 11 is 1.80. The first-order chi connectivity index (χ1) is 42.9. The van der Waals surface area contributed by atoms with Crippen molar-refractivity contribution in [1.82, 2.24) is 0 Å². The van der Waals surface area contributed by atoms with E-state index in [0.29, 0.717) is 0 Å². The van der Waals surface area contributed by atoms with E-state index in [9.17, 15) is 0 Å². The molecule has 0 fully saturated rings. The molecule has 0 spiro atoms. The van der Waals surface area contributed by atoms with Gasteiger partial charge in [-0.1, -0.05) is 235 Å². The van der Waals surface area contributed by atoms with Crippen LogP contribution in [-0.4, -0.2) is 0 Å². The second kappa shape index (κ2) is 20.5. The lowest BCUT2D eigenvalue weighted by Crippen LogP contribution is -2.29. The van der Waals surface area contributed by atoms with Gasteiger partial charge in [-0.2, -0.15) is 0 Å². The van der Waals surface area contributed by atoms with E-state index in [2.05, 4.69) is 330 Å². The highest BCUT2D eigenvalue weighted by Gasteiger charge is 2.51. The van der Waals surface area contributed by atoms with E-state index in [0.717, 1.165) is 127 Å². The minimum absolute atomic E-state index is 0.0569. The van der Waals surface area contributed by atoms with Crippen molar-refractivity contribution in [3.63, 3.8) is 0 Å². The number of benzene rings is 13. The van der Waals surface area contributed by atoms with Gasteiger partial charge in [0, 0.05) is 59.8 Å². The molecule has 2 aromatic heterocycles. The van der Waals surface area contributed by atoms with Crippen molar-refractivity contribution in [1.29, 1.82) is 0 Å². The number of para-hydroxylation sites is 4. The van der Waals surface area contributed by atoms with Gasteiger partial charge < -0.3 is 18.6 Å². The van der Waals surface area contributed by atoms with Crippen LogP contribution in [0.15, 0.2) is 298 Å². The molecule has 0 aliphatic heterocycles. The van der Waals surface area contributed by atoms with Crippen molar-refractivity contribution in [3.8, 4) is 11.1 Å². The van der Waals surface area contributed by atoms with E-state index in [1.54, 1.807) is 11.8 Å². The van der Waals surface area contributed by atoms with Crippen molar-refractivity contribution in [2.75, 3.05) is 9.80 Å². The van der Waals surface area contributed by atoms with Gasteiger partial charge in [-0.25, -0.2) is 0 Å². The predicted octanol–water partition coefficient (Wildman–Crippen LogP) is 23.8. The normalized spacial score (nSPS) is 14.1. The molecule has 5 heteroatoms.